The Kier molecular flexibility index (Phi) is 6.66. The Labute approximate surface area is 79.3 Å². The molecule has 60 valence electrons. The molecule has 0 aliphatic carbocycles. The molecule has 0 saturated carbocycles. The van der Waals surface area contributed by atoms with Gasteiger partial charge in [0.25, 0.3) is 0 Å². The normalized spacial score (nSPS) is 8.00. The average Bonchev–Trinajstić information content (AvgIpc) is 1.97. The first-order valence-corrected chi connectivity index (χ1v) is 4.01. The molecule has 1 aromatic rings. The summed E-state index contributed by atoms with van der Waals surface area (Å²) in [5, 5.41) is 15.0. The number of benzene rings is 1. The van der Waals surface area contributed by atoms with Gasteiger partial charge in [-0.2, -0.15) is 0 Å². The molecule has 0 aromatic heterocycles. The van der Waals surface area contributed by atoms with Gasteiger partial charge in [-0.1, -0.05) is 23.7 Å². The summed E-state index contributed by atoms with van der Waals surface area (Å²) in [6.07, 6.45) is 0. The van der Waals surface area contributed by atoms with E-state index in [0.29, 0.717) is 0 Å². The molecule has 0 fully saturated rings. The van der Waals surface area contributed by atoms with Crippen molar-refractivity contribution in [2.24, 2.45) is 0 Å². The molecule has 0 bridgehead atoms. The van der Waals surface area contributed by atoms with Crippen molar-refractivity contribution in [2.75, 3.05) is 0 Å². The molecule has 5 heteroatoms. The highest BCUT2D eigenvalue weighted by atomic mass is 79.9. The van der Waals surface area contributed by atoms with Crippen molar-refractivity contribution >= 4 is 35.2 Å². The van der Waals surface area contributed by atoms with Gasteiger partial charge < -0.3 is 10.0 Å². The van der Waals surface area contributed by atoms with Crippen LogP contribution in [0.1, 0.15) is 0 Å². The molecule has 2 N–H and O–H groups in total. The third-order valence-electron chi connectivity index (χ3n) is 0.824. The Hall–Kier alpha value is -0.0251. The maximum Gasteiger partial charge on any atom is 0.432 e. The fraction of sp³-hybridized carbons (Fsp3) is 0. The van der Waals surface area contributed by atoms with Gasteiger partial charge in [0, 0.05) is 4.47 Å². The number of hydrogen-bond donors (Lipinski definition) is 2. The van der Waals surface area contributed by atoms with Crippen LogP contribution >= 0.6 is 27.5 Å². The van der Waals surface area contributed by atoms with Crippen LogP contribution in [0.15, 0.2) is 28.7 Å². The molecule has 1 rings (SSSR count). The molecule has 0 aliphatic rings. The van der Waals surface area contributed by atoms with Gasteiger partial charge in [0.05, 0.1) is 5.02 Å². The Morgan fingerprint density at radius 3 is 2.00 bits per heavy atom. The SMILES string of the molecule is Clc1ccccc1Br.OBO. The van der Waals surface area contributed by atoms with E-state index in [1.807, 2.05) is 24.3 Å². The molecular weight excluding hydrogens is 230 g/mol. The van der Waals surface area contributed by atoms with Crippen molar-refractivity contribution in [3.05, 3.63) is 33.8 Å². The Bertz CT molecular complexity index is 189. The lowest BCUT2D eigenvalue weighted by molar-refractivity contribution is 0.448. The van der Waals surface area contributed by atoms with Gasteiger partial charge in [0.15, 0.2) is 0 Å². The second kappa shape index (κ2) is 6.67. The first-order valence-electron chi connectivity index (χ1n) is 2.84. The van der Waals surface area contributed by atoms with Crippen LogP contribution in [0.2, 0.25) is 5.02 Å². The van der Waals surface area contributed by atoms with Crippen molar-refractivity contribution < 1.29 is 10.0 Å². The first kappa shape index (κ1) is 11.0. The van der Waals surface area contributed by atoms with Gasteiger partial charge in [-0.15, -0.1) is 0 Å². The van der Waals surface area contributed by atoms with Crippen LogP contribution in [0.4, 0.5) is 0 Å². The van der Waals surface area contributed by atoms with E-state index in [2.05, 4.69) is 15.9 Å². The number of rotatable bonds is 0. The van der Waals surface area contributed by atoms with E-state index in [0.717, 1.165) is 9.50 Å². The Balaban J connectivity index is 0.000000292. The zero-order chi connectivity index (χ0) is 8.69. The van der Waals surface area contributed by atoms with Crippen LogP contribution < -0.4 is 0 Å². The standard InChI is InChI=1S/C6H4BrCl.BH3O2/c7-5-3-1-2-4-6(5)8;2-1-3/h1-4H;1-3H. The van der Waals surface area contributed by atoms with Crippen LogP contribution in [0.5, 0.6) is 0 Å². The highest BCUT2D eigenvalue weighted by Crippen LogP contribution is 2.20. The highest BCUT2D eigenvalue weighted by molar-refractivity contribution is 9.10. The van der Waals surface area contributed by atoms with E-state index in [1.54, 1.807) is 0 Å². The van der Waals surface area contributed by atoms with Gasteiger partial charge in [-0.3, -0.25) is 0 Å². The summed E-state index contributed by atoms with van der Waals surface area (Å²) in [6, 6.07) is 7.57. The van der Waals surface area contributed by atoms with Gasteiger partial charge in [0.2, 0.25) is 0 Å². The summed E-state index contributed by atoms with van der Waals surface area (Å²) in [6.45, 7) is 0. The summed E-state index contributed by atoms with van der Waals surface area (Å²) in [4.78, 5) is 0. The summed E-state index contributed by atoms with van der Waals surface area (Å²) in [7, 11) is -0.750. The summed E-state index contributed by atoms with van der Waals surface area (Å²) >= 11 is 8.93. The second-order valence-electron chi connectivity index (χ2n) is 1.56. The quantitative estimate of drug-likeness (QED) is 0.668. The third kappa shape index (κ3) is 5.27. The minimum atomic E-state index is -0.750. The van der Waals surface area contributed by atoms with Crippen LogP contribution in [0, 0.1) is 0 Å². The van der Waals surface area contributed by atoms with Crippen molar-refractivity contribution in [3.8, 4) is 0 Å². The van der Waals surface area contributed by atoms with Crippen molar-refractivity contribution in [1.29, 1.82) is 0 Å². The Morgan fingerprint density at radius 2 is 1.73 bits per heavy atom. The third-order valence-corrected chi connectivity index (χ3v) is 2.07. The lowest BCUT2D eigenvalue weighted by Crippen LogP contribution is -1.75. The molecule has 0 aliphatic heterocycles. The topological polar surface area (TPSA) is 40.5 Å². The van der Waals surface area contributed by atoms with E-state index in [9.17, 15) is 0 Å². The molecule has 0 saturated heterocycles. The first-order chi connectivity index (χ1) is 5.22. The molecule has 0 spiro atoms. The molecule has 11 heavy (non-hydrogen) atoms. The largest absolute Gasteiger partial charge is 0.432 e. The average molecular weight is 237 g/mol. The monoisotopic (exact) mass is 236 g/mol. The summed E-state index contributed by atoms with van der Waals surface area (Å²) in [5.41, 5.74) is 0. The van der Waals surface area contributed by atoms with Gasteiger partial charge >= 0.3 is 7.69 Å². The van der Waals surface area contributed by atoms with Crippen LogP contribution in [0.25, 0.3) is 0 Å². The lowest BCUT2D eigenvalue weighted by Gasteiger charge is -1.88. The predicted octanol–water partition coefficient (Wildman–Crippen LogP) is 1.34. The van der Waals surface area contributed by atoms with Crippen LogP contribution in [-0.4, -0.2) is 17.7 Å². The zero-order valence-corrected chi connectivity index (χ0v) is 8.01. The summed E-state index contributed by atoms with van der Waals surface area (Å²) < 4.78 is 0.946. The number of hydrogen-bond acceptors (Lipinski definition) is 2. The minimum absolute atomic E-state index is 0.750. The molecule has 2 nitrogen and oxygen atoms in total. The fourth-order valence-corrected chi connectivity index (χ4v) is 0.860. The van der Waals surface area contributed by atoms with Crippen LogP contribution in [-0.2, 0) is 0 Å². The van der Waals surface area contributed by atoms with Crippen molar-refractivity contribution in [3.63, 3.8) is 0 Å². The zero-order valence-electron chi connectivity index (χ0n) is 5.67. The van der Waals surface area contributed by atoms with E-state index in [4.69, 9.17) is 21.6 Å². The molecule has 0 heterocycles. The molecule has 0 unspecified atom stereocenters. The number of halogens is 2. The van der Waals surface area contributed by atoms with E-state index < -0.39 is 7.69 Å². The van der Waals surface area contributed by atoms with Crippen molar-refractivity contribution in [2.45, 2.75) is 0 Å². The van der Waals surface area contributed by atoms with E-state index >= 15 is 0 Å². The molecule has 0 atom stereocenters. The van der Waals surface area contributed by atoms with Gasteiger partial charge in [0.1, 0.15) is 0 Å². The minimum Gasteiger partial charge on any atom is -0.430 e. The van der Waals surface area contributed by atoms with Crippen LogP contribution in [0.3, 0.4) is 0 Å². The maximum absolute atomic E-state index is 7.12. The van der Waals surface area contributed by atoms with E-state index in [-0.39, 0.29) is 0 Å². The van der Waals surface area contributed by atoms with Gasteiger partial charge in [-0.05, 0) is 28.1 Å². The van der Waals surface area contributed by atoms with Gasteiger partial charge in [-0.25, -0.2) is 0 Å². The Morgan fingerprint density at radius 1 is 1.27 bits per heavy atom. The molecule has 0 radical (unpaired) electrons. The lowest BCUT2D eigenvalue weighted by atomic mass is 10.4. The maximum atomic E-state index is 7.12. The van der Waals surface area contributed by atoms with E-state index in [1.165, 1.54) is 0 Å². The molecule has 1 aromatic carbocycles. The second-order valence-corrected chi connectivity index (χ2v) is 2.82. The fourth-order valence-electron chi connectivity index (χ4n) is 0.439. The smallest absolute Gasteiger partial charge is 0.430 e. The summed E-state index contributed by atoms with van der Waals surface area (Å²) in [5.74, 6) is 0. The molecular formula is C6H7BBrClO2. The highest BCUT2D eigenvalue weighted by Gasteiger charge is 1.88. The molecule has 0 amide bonds. The van der Waals surface area contributed by atoms with Crippen molar-refractivity contribution in [1.82, 2.24) is 0 Å². The predicted molar refractivity (Wildman–Crippen MR) is 50.7 cm³/mol.